The number of benzene rings is 2. The van der Waals surface area contributed by atoms with E-state index in [1.165, 1.54) is 15.9 Å². The number of carboxylic acid groups (broad SMARTS) is 1. The second kappa shape index (κ2) is 10.5. The van der Waals surface area contributed by atoms with Gasteiger partial charge in [-0.25, -0.2) is 14.6 Å². The van der Waals surface area contributed by atoms with Crippen LogP contribution >= 0.6 is 22.9 Å². The summed E-state index contributed by atoms with van der Waals surface area (Å²) in [6.07, 6.45) is 1.36. The molecule has 1 unspecified atom stereocenters. The molecule has 3 aromatic rings. The van der Waals surface area contributed by atoms with Crippen molar-refractivity contribution in [3.63, 3.8) is 0 Å². The molecule has 10 heteroatoms. The summed E-state index contributed by atoms with van der Waals surface area (Å²) in [7, 11) is 0. The zero-order valence-corrected chi connectivity index (χ0v) is 21.3. The van der Waals surface area contributed by atoms with E-state index in [0.29, 0.717) is 36.9 Å². The van der Waals surface area contributed by atoms with Crippen LogP contribution in [0.3, 0.4) is 0 Å². The van der Waals surface area contributed by atoms with Crippen LogP contribution in [-0.4, -0.2) is 34.3 Å². The molecule has 1 aliphatic rings. The number of allylic oxidation sites excluding steroid dienone is 1. The highest BCUT2D eigenvalue weighted by Crippen LogP contribution is 2.34. The number of aromatic nitrogens is 1. The van der Waals surface area contributed by atoms with Crippen molar-refractivity contribution in [3.8, 4) is 5.75 Å². The maximum absolute atomic E-state index is 13.6. The van der Waals surface area contributed by atoms with Crippen LogP contribution in [0.1, 0.15) is 37.9 Å². The van der Waals surface area contributed by atoms with E-state index in [2.05, 4.69) is 4.99 Å². The number of hydrogen-bond donors (Lipinski definition) is 1. The number of carboxylic acids is 1. The number of rotatable bonds is 7. The predicted octanol–water partition coefficient (Wildman–Crippen LogP) is 3.30. The Hall–Kier alpha value is -3.69. The van der Waals surface area contributed by atoms with E-state index in [1.807, 2.05) is 0 Å². The normalized spacial score (nSPS) is 15.5. The van der Waals surface area contributed by atoms with Crippen LogP contribution in [0.25, 0.3) is 6.08 Å². The molecule has 0 saturated carbocycles. The van der Waals surface area contributed by atoms with Crippen LogP contribution in [-0.2, 0) is 14.3 Å². The molecular weight excluding hydrogens is 504 g/mol. The summed E-state index contributed by atoms with van der Waals surface area (Å²) < 4.78 is 12.5. The zero-order valence-electron chi connectivity index (χ0n) is 19.7. The third-order valence-electron chi connectivity index (χ3n) is 5.32. The van der Waals surface area contributed by atoms with Gasteiger partial charge in [0.1, 0.15) is 11.8 Å². The lowest BCUT2D eigenvalue weighted by Crippen LogP contribution is -2.40. The van der Waals surface area contributed by atoms with Gasteiger partial charge >= 0.3 is 11.9 Å². The number of carbonyl (C=O) groups excluding carboxylic acids is 1. The summed E-state index contributed by atoms with van der Waals surface area (Å²) in [4.78, 5) is 42.4. The van der Waals surface area contributed by atoms with Crippen LogP contribution in [0, 0.1) is 0 Å². The second-order valence-corrected chi connectivity index (χ2v) is 9.73. The number of hydrogen-bond acceptors (Lipinski definition) is 7. The lowest BCUT2D eigenvalue weighted by atomic mass is 9.96. The monoisotopic (exact) mass is 526 g/mol. The number of thiazole rings is 1. The Kier molecular flexibility index (Phi) is 7.42. The van der Waals surface area contributed by atoms with Crippen LogP contribution in [0.4, 0.5) is 0 Å². The van der Waals surface area contributed by atoms with Crippen molar-refractivity contribution in [2.24, 2.45) is 4.99 Å². The van der Waals surface area contributed by atoms with E-state index < -0.39 is 24.6 Å². The molecule has 8 nitrogen and oxygen atoms in total. The molecule has 0 fully saturated rings. The average Bonchev–Trinajstić information content (AvgIpc) is 3.12. The summed E-state index contributed by atoms with van der Waals surface area (Å²) in [5.74, 6) is -1.22. The molecule has 0 saturated heterocycles. The molecule has 186 valence electrons. The van der Waals surface area contributed by atoms with E-state index >= 15 is 0 Å². The van der Waals surface area contributed by atoms with Crippen molar-refractivity contribution >= 4 is 41.0 Å². The van der Waals surface area contributed by atoms with Gasteiger partial charge < -0.3 is 14.6 Å². The molecule has 4 rings (SSSR count). The molecule has 2 heterocycles. The molecular formula is C26H23ClN2O6S. The first kappa shape index (κ1) is 25.4. The van der Waals surface area contributed by atoms with Gasteiger partial charge in [-0.2, -0.15) is 0 Å². The van der Waals surface area contributed by atoms with Crippen molar-refractivity contribution in [3.05, 3.63) is 95.6 Å². The number of aliphatic carboxylic acids is 1. The minimum Gasteiger partial charge on any atom is -0.482 e. The summed E-state index contributed by atoms with van der Waals surface area (Å²) >= 11 is 7.72. The third-order valence-corrected chi connectivity index (χ3v) is 6.65. The Morgan fingerprint density at radius 1 is 1.19 bits per heavy atom. The van der Waals surface area contributed by atoms with Gasteiger partial charge in [-0.05, 0) is 56.2 Å². The summed E-state index contributed by atoms with van der Waals surface area (Å²) in [6.45, 7) is 4.78. The molecule has 0 radical (unpaired) electrons. The van der Waals surface area contributed by atoms with Crippen LogP contribution in [0.5, 0.6) is 5.75 Å². The predicted molar refractivity (Wildman–Crippen MR) is 136 cm³/mol. The summed E-state index contributed by atoms with van der Waals surface area (Å²) in [5.41, 5.74) is 1.70. The standard InChI is InChI=1S/C26H23ClN2O6S/c1-14(2)35-25(33)22-15(3)28-26-29(23(22)18-6-4-5-7-19(18)27)24(32)20(36-26)12-16-8-10-17(11-9-16)34-13-21(30)31/h4-12,14,23H,13H2,1-3H3,(H,30,31). The Morgan fingerprint density at radius 2 is 1.89 bits per heavy atom. The Morgan fingerprint density at radius 3 is 2.53 bits per heavy atom. The van der Waals surface area contributed by atoms with E-state index in [4.69, 9.17) is 26.2 Å². The Balaban J connectivity index is 1.83. The lowest BCUT2D eigenvalue weighted by Gasteiger charge is -2.26. The summed E-state index contributed by atoms with van der Waals surface area (Å²) in [5, 5.41) is 9.17. The Labute approximate surface area is 215 Å². The van der Waals surface area contributed by atoms with Crippen molar-refractivity contribution in [2.45, 2.75) is 32.9 Å². The first-order valence-electron chi connectivity index (χ1n) is 11.1. The molecule has 0 amide bonds. The quantitative estimate of drug-likeness (QED) is 0.473. The highest BCUT2D eigenvalue weighted by molar-refractivity contribution is 7.07. The highest BCUT2D eigenvalue weighted by Gasteiger charge is 2.34. The topological polar surface area (TPSA) is 107 Å². The van der Waals surface area contributed by atoms with Crippen LogP contribution < -0.4 is 19.6 Å². The molecule has 1 aliphatic heterocycles. The molecule has 0 aliphatic carbocycles. The number of halogens is 1. The van der Waals surface area contributed by atoms with Crippen LogP contribution in [0.2, 0.25) is 5.02 Å². The molecule has 1 atom stereocenters. The van der Waals surface area contributed by atoms with Gasteiger partial charge in [0.05, 0.1) is 21.9 Å². The van der Waals surface area contributed by atoms with Crippen LogP contribution in [0.15, 0.2) is 69.6 Å². The van der Waals surface area contributed by atoms with E-state index in [-0.39, 0.29) is 17.2 Å². The minimum atomic E-state index is -1.07. The lowest BCUT2D eigenvalue weighted by molar-refractivity contribution is -0.143. The number of esters is 1. The third kappa shape index (κ3) is 5.27. The smallest absolute Gasteiger partial charge is 0.341 e. The van der Waals surface area contributed by atoms with Crippen molar-refractivity contribution in [1.29, 1.82) is 0 Å². The number of fused-ring (bicyclic) bond motifs is 1. The highest BCUT2D eigenvalue weighted by atomic mass is 35.5. The fourth-order valence-electron chi connectivity index (χ4n) is 3.81. The first-order valence-corrected chi connectivity index (χ1v) is 12.3. The zero-order chi connectivity index (χ0) is 26.0. The first-order chi connectivity index (χ1) is 17.2. The van der Waals surface area contributed by atoms with E-state index in [1.54, 1.807) is 75.4 Å². The maximum Gasteiger partial charge on any atom is 0.341 e. The van der Waals surface area contributed by atoms with Gasteiger partial charge in [-0.1, -0.05) is 53.3 Å². The molecule has 1 N–H and O–H groups in total. The molecule has 1 aromatic heterocycles. The number of ether oxygens (including phenoxy) is 2. The van der Waals surface area contributed by atoms with Gasteiger partial charge in [-0.15, -0.1) is 0 Å². The summed E-state index contributed by atoms with van der Waals surface area (Å²) in [6, 6.07) is 13.0. The molecule has 2 aromatic carbocycles. The number of carbonyl (C=O) groups is 2. The van der Waals surface area contributed by atoms with Gasteiger partial charge in [0.15, 0.2) is 11.4 Å². The fourth-order valence-corrected chi connectivity index (χ4v) is 5.09. The van der Waals surface area contributed by atoms with E-state index in [0.717, 1.165) is 0 Å². The average molecular weight is 527 g/mol. The Bertz CT molecular complexity index is 1540. The molecule has 0 bridgehead atoms. The molecule has 36 heavy (non-hydrogen) atoms. The van der Waals surface area contributed by atoms with Crippen molar-refractivity contribution in [1.82, 2.24) is 4.57 Å². The fraction of sp³-hybridized carbons (Fsp3) is 0.231. The van der Waals surface area contributed by atoms with Crippen molar-refractivity contribution < 1.29 is 24.2 Å². The van der Waals surface area contributed by atoms with Gasteiger partial charge in [0, 0.05) is 5.02 Å². The SMILES string of the molecule is CC1=C(C(=O)OC(C)C)C(c2ccccc2Cl)n2c(sc(=Cc3ccc(OCC(=O)O)cc3)c2=O)=N1. The van der Waals surface area contributed by atoms with Gasteiger partial charge in [-0.3, -0.25) is 9.36 Å². The molecule has 0 spiro atoms. The van der Waals surface area contributed by atoms with Gasteiger partial charge in [0.25, 0.3) is 5.56 Å². The van der Waals surface area contributed by atoms with Gasteiger partial charge in [0.2, 0.25) is 0 Å². The van der Waals surface area contributed by atoms with Crippen molar-refractivity contribution in [2.75, 3.05) is 6.61 Å². The second-order valence-electron chi connectivity index (χ2n) is 8.31. The van der Waals surface area contributed by atoms with E-state index in [9.17, 15) is 14.4 Å². The number of nitrogens with zero attached hydrogens (tertiary/aromatic N) is 2. The minimum absolute atomic E-state index is 0.260. The largest absolute Gasteiger partial charge is 0.482 e. The maximum atomic E-state index is 13.6.